The Bertz CT molecular complexity index is 986. The first-order chi connectivity index (χ1) is 13.4. The molecule has 0 aromatic carbocycles. The zero-order chi connectivity index (χ0) is 21.6. The van der Waals surface area contributed by atoms with Crippen molar-refractivity contribution in [3.8, 4) is 6.07 Å². The maximum Gasteiger partial charge on any atom is 0.236 e. The highest BCUT2D eigenvalue weighted by Crippen LogP contribution is 2.28. The van der Waals surface area contributed by atoms with Crippen molar-refractivity contribution in [1.29, 1.82) is 5.26 Å². The van der Waals surface area contributed by atoms with Gasteiger partial charge >= 0.3 is 0 Å². The minimum atomic E-state index is -2.82. The smallest absolute Gasteiger partial charge is 0.236 e. The van der Waals surface area contributed by atoms with Gasteiger partial charge in [0.25, 0.3) is 0 Å². The van der Waals surface area contributed by atoms with Crippen molar-refractivity contribution in [1.82, 2.24) is 19.9 Å². The third kappa shape index (κ3) is 2.84. The Morgan fingerprint density at radius 3 is 3.39 bits per heavy atom. The van der Waals surface area contributed by atoms with Crippen LogP contribution < -0.4 is 4.90 Å². The van der Waals surface area contributed by atoms with Crippen LogP contribution in [0.2, 0.25) is 0 Å². The normalized spacial score (nSPS) is 31.9. The predicted octanol–water partition coefficient (Wildman–Crippen LogP) is 1.54. The molecule has 1 aliphatic heterocycles. The summed E-state index contributed by atoms with van der Waals surface area (Å²) in [4.78, 5) is 25.6. The van der Waals surface area contributed by atoms with Crippen molar-refractivity contribution in [2.24, 2.45) is 5.89 Å². The second kappa shape index (κ2) is 6.24. The van der Waals surface area contributed by atoms with E-state index in [2.05, 4.69) is 15.0 Å². The zero-order valence-corrected chi connectivity index (χ0v) is 12.6. The molecule has 23 heavy (non-hydrogen) atoms. The summed E-state index contributed by atoms with van der Waals surface area (Å²) in [6.07, 6.45) is 0.575. The van der Waals surface area contributed by atoms with Crippen LogP contribution in [0.1, 0.15) is 27.9 Å². The summed E-state index contributed by atoms with van der Waals surface area (Å²) in [7, 11) is 1.43. The van der Waals surface area contributed by atoms with Crippen molar-refractivity contribution >= 4 is 22.8 Å². The number of fused-ring (bicyclic) bond motifs is 1. The van der Waals surface area contributed by atoms with E-state index >= 15 is 0 Å². The highest BCUT2D eigenvalue weighted by atomic mass is 16.2. The van der Waals surface area contributed by atoms with E-state index in [4.69, 9.17) is 13.5 Å². The highest BCUT2D eigenvalue weighted by molar-refractivity contribution is 5.87. The van der Waals surface area contributed by atoms with Gasteiger partial charge in [-0.05, 0) is 18.4 Å². The van der Waals surface area contributed by atoms with Crippen LogP contribution in [-0.2, 0) is 4.79 Å². The van der Waals surface area contributed by atoms with Gasteiger partial charge in [-0.3, -0.25) is 4.79 Å². The van der Waals surface area contributed by atoms with Gasteiger partial charge in [0.05, 0.1) is 18.8 Å². The molecule has 3 rings (SSSR count). The van der Waals surface area contributed by atoms with Crippen LogP contribution in [0.3, 0.4) is 0 Å². The van der Waals surface area contributed by atoms with Crippen molar-refractivity contribution in [2.45, 2.75) is 25.7 Å². The van der Waals surface area contributed by atoms with E-state index in [0.29, 0.717) is 11.0 Å². The molecule has 0 saturated carbocycles. The molecule has 7 nitrogen and oxygen atoms in total. The van der Waals surface area contributed by atoms with Crippen molar-refractivity contribution < 1.29 is 13.0 Å². The summed E-state index contributed by atoms with van der Waals surface area (Å²) in [6.45, 7) is -3.25. The standard InChI is InChI=1S/C16H20N6O/c1-11-5-8-22(14(23)3-6-17)9-13(11)21(2)16-12-4-7-18-15(12)19-10-20-16/h4,7,10-11,13H,3,5,8-9H2,1-2H3,(H,18,19,20)/t11-,13-/m0/s1/i1D3,10D,11D,13D. The summed E-state index contributed by atoms with van der Waals surface area (Å²) >= 11 is 0. The van der Waals surface area contributed by atoms with E-state index in [-0.39, 0.29) is 25.1 Å². The van der Waals surface area contributed by atoms with Gasteiger partial charge < -0.3 is 14.8 Å². The topological polar surface area (TPSA) is 88.9 Å². The molecule has 0 aliphatic carbocycles. The van der Waals surface area contributed by atoms with Crippen LogP contribution in [0.15, 0.2) is 18.6 Å². The highest BCUT2D eigenvalue weighted by Gasteiger charge is 2.32. The Morgan fingerprint density at radius 1 is 1.74 bits per heavy atom. The molecule has 0 spiro atoms. The molecule has 1 N–H and O–H groups in total. The van der Waals surface area contributed by atoms with E-state index in [1.807, 2.05) is 0 Å². The first kappa shape index (κ1) is 9.50. The second-order valence-electron chi connectivity index (χ2n) is 5.27. The number of likely N-dealkylation sites (N-methyl/N-ethyl adjacent to an activating group) is 1. The molecular weight excluding hydrogens is 292 g/mol. The molecule has 2 aromatic rings. The number of likely N-dealkylation sites (tertiary alicyclic amines) is 1. The number of nitrogens with one attached hydrogen (secondary N) is 1. The van der Waals surface area contributed by atoms with Crippen molar-refractivity contribution in [3.05, 3.63) is 18.6 Å². The Labute approximate surface area is 143 Å². The van der Waals surface area contributed by atoms with Gasteiger partial charge in [-0.15, -0.1) is 0 Å². The number of amides is 1. The second-order valence-corrected chi connectivity index (χ2v) is 5.27. The van der Waals surface area contributed by atoms with E-state index in [9.17, 15) is 4.79 Å². The molecular formula is C16H20N6O. The molecule has 1 fully saturated rings. The molecule has 1 saturated heterocycles. The Kier molecular flexibility index (Phi) is 2.58. The lowest BCUT2D eigenvalue weighted by Gasteiger charge is -2.42. The number of piperidine rings is 1. The number of carbonyl (C=O) groups excluding carboxylic acids is 1. The number of H-pyrrole nitrogens is 1. The molecule has 3 heterocycles. The number of aromatic nitrogens is 3. The van der Waals surface area contributed by atoms with Crippen LogP contribution in [-0.4, -0.2) is 51.9 Å². The monoisotopic (exact) mass is 318 g/mol. The molecule has 1 aliphatic rings. The van der Waals surface area contributed by atoms with E-state index < -0.39 is 37.6 Å². The number of anilines is 1. The summed E-state index contributed by atoms with van der Waals surface area (Å²) in [6, 6.07) is 1.27. The van der Waals surface area contributed by atoms with Gasteiger partial charge in [-0.2, -0.15) is 5.26 Å². The summed E-state index contributed by atoms with van der Waals surface area (Å²) in [5, 5.41) is 9.28. The van der Waals surface area contributed by atoms with Crippen LogP contribution in [0.4, 0.5) is 5.82 Å². The van der Waals surface area contributed by atoms with Gasteiger partial charge in [-0.25, -0.2) is 9.97 Å². The average Bonchev–Trinajstić information content (AvgIpc) is 3.10. The lowest BCUT2D eigenvalue weighted by atomic mass is 9.92. The molecule has 7 heteroatoms. The van der Waals surface area contributed by atoms with Crippen LogP contribution >= 0.6 is 0 Å². The number of aromatic amines is 1. The Hall–Kier alpha value is -2.62. The fourth-order valence-electron chi connectivity index (χ4n) is 2.65. The molecule has 0 radical (unpaired) electrons. The quantitative estimate of drug-likeness (QED) is 0.927. The van der Waals surface area contributed by atoms with Crippen LogP contribution in [0.5, 0.6) is 0 Å². The van der Waals surface area contributed by atoms with Crippen LogP contribution in [0.25, 0.3) is 11.0 Å². The largest absolute Gasteiger partial charge is 0.354 e. The van der Waals surface area contributed by atoms with Gasteiger partial charge in [0, 0.05) is 31.8 Å². The minimum Gasteiger partial charge on any atom is -0.354 e. The third-order valence-electron chi connectivity index (χ3n) is 3.91. The predicted molar refractivity (Wildman–Crippen MR) is 86.7 cm³/mol. The lowest BCUT2D eigenvalue weighted by Crippen LogP contribution is -2.52. The van der Waals surface area contributed by atoms with Gasteiger partial charge in [0.15, 0.2) is 0 Å². The zero-order valence-electron chi connectivity index (χ0n) is 18.6. The third-order valence-corrected chi connectivity index (χ3v) is 3.91. The van der Waals surface area contributed by atoms with Gasteiger partial charge in [-0.1, -0.05) is 6.85 Å². The number of nitriles is 1. The molecule has 0 bridgehead atoms. The SMILES string of the molecule is [2H]c1nc(N(C)[C@@]2([2H])CN(C(=O)CC#N)CC[C@]2([2H])C([2H])([2H])[2H])c2cc[nH]c2n1. The summed E-state index contributed by atoms with van der Waals surface area (Å²) in [5.74, 6) is -2.65. The van der Waals surface area contributed by atoms with Crippen molar-refractivity contribution in [3.63, 3.8) is 0 Å². The Morgan fingerprint density at radius 2 is 2.61 bits per heavy atom. The van der Waals surface area contributed by atoms with E-state index in [1.165, 1.54) is 16.8 Å². The molecule has 2 atom stereocenters. The molecule has 1 amide bonds. The average molecular weight is 318 g/mol. The minimum absolute atomic E-state index is 0.0378. The molecule has 2 aromatic heterocycles. The molecule has 0 unspecified atom stereocenters. The molecule has 120 valence electrons. The first-order valence-electron chi connectivity index (χ1n) is 10.1. The number of hydrogen-bond acceptors (Lipinski definition) is 5. The number of hydrogen-bond donors (Lipinski definition) is 1. The van der Waals surface area contributed by atoms with E-state index in [0.717, 1.165) is 0 Å². The number of nitrogens with zero attached hydrogens (tertiary/aromatic N) is 5. The lowest BCUT2D eigenvalue weighted by molar-refractivity contribution is -0.131. The Balaban J connectivity index is 2.14. The number of carbonyl (C=O) groups is 1. The maximum atomic E-state index is 12.3. The first-order valence-corrected chi connectivity index (χ1v) is 7.15. The summed E-state index contributed by atoms with van der Waals surface area (Å²) in [5.41, 5.74) is 0.341. The maximum absolute atomic E-state index is 12.3. The van der Waals surface area contributed by atoms with Gasteiger partial charge in [0.2, 0.25) is 5.91 Å². The number of rotatable bonds is 3. The fourth-order valence-corrected chi connectivity index (χ4v) is 2.65. The fraction of sp³-hybridized carbons (Fsp3) is 0.500. The van der Waals surface area contributed by atoms with Crippen molar-refractivity contribution in [2.75, 3.05) is 25.0 Å². The van der Waals surface area contributed by atoms with Gasteiger partial charge in [0.1, 0.15) is 25.6 Å². The van der Waals surface area contributed by atoms with E-state index in [1.54, 1.807) is 18.3 Å². The van der Waals surface area contributed by atoms with Crippen LogP contribution in [0, 0.1) is 17.2 Å². The summed E-state index contributed by atoms with van der Waals surface area (Å²) < 4.78 is 49.5.